The molecule has 0 spiro atoms. The van der Waals surface area contributed by atoms with Crippen molar-refractivity contribution >= 4 is 12.2 Å². The van der Waals surface area contributed by atoms with Crippen LogP contribution in [0.2, 0.25) is 0 Å². The van der Waals surface area contributed by atoms with E-state index < -0.39 is 17.7 Å². The second-order valence-electron chi connectivity index (χ2n) is 5.06. The van der Waals surface area contributed by atoms with Crippen LogP contribution in [0.25, 0.3) is 0 Å². The van der Waals surface area contributed by atoms with Gasteiger partial charge in [0.2, 0.25) is 0 Å². The third-order valence-electron chi connectivity index (χ3n) is 2.44. The molecule has 0 atom stereocenters. The summed E-state index contributed by atoms with van der Waals surface area (Å²) in [6, 6.07) is 8.66. The van der Waals surface area contributed by atoms with E-state index >= 15 is 0 Å². The molecule has 0 saturated heterocycles. The highest BCUT2D eigenvalue weighted by molar-refractivity contribution is 5.70. The molecular weight excluding hydrogens is 248 g/mol. The van der Waals surface area contributed by atoms with Crippen LogP contribution >= 0.6 is 0 Å². The van der Waals surface area contributed by atoms with E-state index in [0.717, 1.165) is 0 Å². The minimum atomic E-state index is -1.59. The highest BCUT2D eigenvalue weighted by Crippen LogP contribution is 2.18. The van der Waals surface area contributed by atoms with Gasteiger partial charge in [0.05, 0.1) is 12.1 Å². The summed E-state index contributed by atoms with van der Waals surface area (Å²) in [5.74, 6) is 0. The second kappa shape index (κ2) is 5.60. The van der Waals surface area contributed by atoms with Gasteiger partial charge in [-0.3, -0.25) is 10.0 Å². The summed E-state index contributed by atoms with van der Waals surface area (Å²) in [6.45, 7) is 4.60. The van der Waals surface area contributed by atoms with Crippen molar-refractivity contribution in [1.29, 1.82) is 0 Å². The van der Waals surface area contributed by atoms with Crippen molar-refractivity contribution in [3.05, 3.63) is 35.9 Å². The summed E-state index contributed by atoms with van der Waals surface area (Å²) in [4.78, 5) is 22.3. The van der Waals surface area contributed by atoms with E-state index in [4.69, 9.17) is 0 Å². The number of amides is 2. The molecule has 0 fully saturated rings. The molecule has 0 bridgehead atoms. The number of carboxylic acid groups (broad SMARTS) is 2. The number of nitrogens with zero attached hydrogens (tertiary/aromatic N) is 2. The quantitative estimate of drug-likeness (QED) is 0.713. The zero-order valence-corrected chi connectivity index (χ0v) is 11.1. The fraction of sp³-hybridized carbons (Fsp3) is 0.385. The Labute approximate surface area is 111 Å². The minimum absolute atomic E-state index is 0.117. The third kappa shape index (κ3) is 3.87. The van der Waals surface area contributed by atoms with Gasteiger partial charge in [-0.05, 0) is 26.3 Å². The molecule has 0 saturated carbocycles. The summed E-state index contributed by atoms with van der Waals surface area (Å²) >= 11 is 0. The Bertz CT molecular complexity index is 453. The molecule has 1 aromatic carbocycles. The highest BCUT2D eigenvalue weighted by Gasteiger charge is 2.27. The van der Waals surface area contributed by atoms with Gasteiger partial charge in [0.15, 0.2) is 12.2 Å². The van der Waals surface area contributed by atoms with E-state index in [9.17, 15) is 19.8 Å². The van der Waals surface area contributed by atoms with E-state index in [0.29, 0.717) is 15.6 Å². The average molecular weight is 264 g/mol. The Morgan fingerprint density at radius 3 is 1.95 bits per heavy atom. The fourth-order valence-electron chi connectivity index (χ4n) is 1.71. The maximum absolute atomic E-state index is 11.2. The number of carbonyl (C=O) groups is 2. The molecule has 0 aromatic heterocycles. The lowest BCUT2D eigenvalue weighted by molar-refractivity contribution is -0.314. The predicted octanol–water partition coefficient (Wildman–Crippen LogP) is 0.191. The van der Waals surface area contributed by atoms with E-state index in [2.05, 4.69) is 0 Å². The molecule has 0 radical (unpaired) electrons. The Kier molecular flexibility index (Phi) is 4.37. The predicted molar refractivity (Wildman–Crippen MR) is 64.4 cm³/mol. The summed E-state index contributed by atoms with van der Waals surface area (Å²) < 4.78 is 0. The molecule has 2 amide bonds. The number of benzene rings is 1. The lowest BCUT2D eigenvalue weighted by atomic mass is 10.1. The van der Waals surface area contributed by atoms with Crippen LogP contribution in [-0.2, 0) is 6.54 Å². The van der Waals surface area contributed by atoms with Gasteiger partial charge in [-0.1, -0.05) is 30.3 Å². The first-order chi connectivity index (χ1) is 8.73. The molecule has 0 aliphatic carbocycles. The van der Waals surface area contributed by atoms with Gasteiger partial charge in [-0.2, -0.15) is 0 Å². The lowest BCUT2D eigenvalue weighted by Gasteiger charge is -2.46. The minimum Gasteiger partial charge on any atom is -0.529 e. The molecule has 0 heterocycles. The summed E-state index contributed by atoms with van der Waals surface area (Å²) in [5.41, 5.74) is -0.296. The monoisotopic (exact) mass is 264 g/mol. The Morgan fingerprint density at radius 1 is 1.05 bits per heavy atom. The van der Waals surface area contributed by atoms with Crippen molar-refractivity contribution < 1.29 is 19.8 Å². The standard InChI is InChI=1S/C13H18N2O4/c1-13(2,3)15(12(18)19)14(11(16)17)9-10-7-5-4-6-8-10/h4-8H,9H2,1-3H3,(H,16,17)(H,18,19)/p-2. The van der Waals surface area contributed by atoms with Crippen molar-refractivity contribution in [3.63, 3.8) is 0 Å². The smallest absolute Gasteiger partial charge is 0.157 e. The maximum atomic E-state index is 11.2. The van der Waals surface area contributed by atoms with Crippen LogP contribution in [0, 0.1) is 0 Å². The van der Waals surface area contributed by atoms with Gasteiger partial charge < -0.3 is 19.8 Å². The summed E-state index contributed by atoms with van der Waals surface area (Å²) in [5, 5.41) is 23.6. The molecule has 0 N–H and O–H groups in total. The normalized spacial score (nSPS) is 10.9. The topological polar surface area (TPSA) is 86.7 Å². The zero-order valence-electron chi connectivity index (χ0n) is 11.1. The van der Waals surface area contributed by atoms with Crippen molar-refractivity contribution in [1.82, 2.24) is 10.0 Å². The molecule has 1 aromatic rings. The second-order valence-corrected chi connectivity index (χ2v) is 5.06. The van der Waals surface area contributed by atoms with Crippen LogP contribution < -0.4 is 10.2 Å². The van der Waals surface area contributed by atoms with E-state index in [1.54, 1.807) is 51.1 Å². The Balaban J connectivity index is 3.06. The van der Waals surface area contributed by atoms with Crippen molar-refractivity contribution in [2.45, 2.75) is 32.9 Å². The molecule has 0 unspecified atom stereocenters. The SMILES string of the molecule is CC(C)(C)N(C(=O)[O-])N(Cc1ccccc1)C(=O)[O-]. The average Bonchev–Trinajstić information content (AvgIpc) is 2.27. The van der Waals surface area contributed by atoms with Crippen LogP contribution in [-0.4, -0.2) is 27.7 Å². The number of carbonyl (C=O) groups excluding carboxylic acids is 2. The van der Waals surface area contributed by atoms with Gasteiger partial charge in [0, 0.05) is 0 Å². The lowest BCUT2D eigenvalue weighted by Crippen LogP contribution is -2.63. The molecular formula is C13H16N2O4-2. The van der Waals surface area contributed by atoms with Gasteiger partial charge in [0.25, 0.3) is 0 Å². The molecule has 6 heteroatoms. The van der Waals surface area contributed by atoms with Gasteiger partial charge >= 0.3 is 0 Å². The maximum Gasteiger partial charge on any atom is 0.157 e. The molecule has 0 aliphatic rings. The first kappa shape index (κ1) is 14.8. The van der Waals surface area contributed by atoms with Gasteiger partial charge in [-0.25, -0.2) is 0 Å². The van der Waals surface area contributed by atoms with Crippen LogP contribution in [0.3, 0.4) is 0 Å². The van der Waals surface area contributed by atoms with E-state index in [1.165, 1.54) is 0 Å². The number of hydrogen-bond donors (Lipinski definition) is 0. The van der Waals surface area contributed by atoms with Gasteiger partial charge in [0.1, 0.15) is 0 Å². The fourth-order valence-corrected chi connectivity index (χ4v) is 1.71. The Hall–Kier alpha value is -2.24. The number of hydrogen-bond acceptors (Lipinski definition) is 4. The summed E-state index contributed by atoms with van der Waals surface area (Å²) in [6.07, 6.45) is -3.18. The van der Waals surface area contributed by atoms with E-state index in [-0.39, 0.29) is 6.54 Å². The van der Waals surface area contributed by atoms with Gasteiger partial charge in [-0.15, -0.1) is 0 Å². The molecule has 104 valence electrons. The first-order valence-electron chi connectivity index (χ1n) is 5.77. The van der Waals surface area contributed by atoms with Crippen LogP contribution in [0.4, 0.5) is 9.59 Å². The molecule has 0 aliphatic heterocycles. The zero-order chi connectivity index (χ0) is 14.6. The van der Waals surface area contributed by atoms with Crippen LogP contribution in [0.5, 0.6) is 0 Å². The van der Waals surface area contributed by atoms with E-state index in [1.807, 2.05) is 0 Å². The summed E-state index contributed by atoms with van der Waals surface area (Å²) in [7, 11) is 0. The molecule has 6 nitrogen and oxygen atoms in total. The first-order valence-corrected chi connectivity index (χ1v) is 5.77. The van der Waals surface area contributed by atoms with Crippen molar-refractivity contribution in [3.8, 4) is 0 Å². The molecule has 1 rings (SSSR count). The van der Waals surface area contributed by atoms with Crippen molar-refractivity contribution in [2.75, 3.05) is 0 Å². The number of hydrazine groups is 1. The van der Waals surface area contributed by atoms with Crippen LogP contribution in [0.1, 0.15) is 26.3 Å². The van der Waals surface area contributed by atoms with Crippen LogP contribution in [0.15, 0.2) is 30.3 Å². The molecule has 19 heavy (non-hydrogen) atoms. The highest BCUT2D eigenvalue weighted by atomic mass is 16.4. The largest absolute Gasteiger partial charge is 0.529 e. The Morgan fingerprint density at radius 2 is 1.58 bits per heavy atom. The number of rotatable bonds is 2. The third-order valence-corrected chi connectivity index (χ3v) is 2.44. The van der Waals surface area contributed by atoms with Crippen molar-refractivity contribution in [2.24, 2.45) is 0 Å².